The first-order valence-electron chi connectivity index (χ1n) is 9.81. The number of anilines is 1. The number of nitrogens with zero attached hydrogens (tertiary/aromatic N) is 3. The lowest BCUT2D eigenvalue weighted by Gasteiger charge is -2.14. The van der Waals surface area contributed by atoms with Crippen molar-refractivity contribution in [3.05, 3.63) is 64.7 Å². The molecule has 3 rings (SSSR count). The Hall–Kier alpha value is -3.13. The Labute approximate surface area is 186 Å². The highest BCUT2D eigenvalue weighted by atomic mass is 32.2. The van der Waals surface area contributed by atoms with Crippen LogP contribution in [0, 0.1) is 27.7 Å². The summed E-state index contributed by atoms with van der Waals surface area (Å²) in [4.78, 5) is 25.5. The summed E-state index contributed by atoms with van der Waals surface area (Å²) in [6.45, 7) is 7.77. The van der Waals surface area contributed by atoms with E-state index in [2.05, 4.69) is 20.3 Å². The predicted octanol–water partition coefficient (Wildman–Crippen LogP) is 4.42. The Morgan fingerprint density at radius 1 is 1.06 bits per heavy atom. The number of aromatic nitrogens is 3. The van der Waals surface area contributed by atoms with Gasteiger partial charge in [0.25, 0.3) is 5.91 Å². The SMILES string of the molecule is COc1cnc(CSc2nccc(C)n2)cc1OCC(=O)Nc1c(C)cc(C)cc1C. The molecule has 0 saturated carbocycles. The molecule has 0 radical (unpaired) electrons. The standard InChI is InChI=1S/C23H26N4O3S/c1-14-8-15(2)22(16(3)9-14)27-21(28)12-30-19-10-18(25-11-20(19)29-5)13-31-23-24-7-6-17(4)26-23/h6-11H,12-13H2,1-5H3,(H,27,28). The summed E-state index contributed by atoms with van der Waals surface area (Å²) in [7, 11) is 1.54. The van der Waals surface area contributed by atoms with Crippen molar-refractivity contribution < 1.29 is 14.3 Å². The first-order chi connectivity index (χ1) is 14.9. The zero-order valence-corrected chi connectivity index (χ0v) is 19.2. The fraction of sp³-hybridized carbons (Fsp3) is 0.304. The van der Waals surface area contributed by atoms with Crippen molar-refractivity contribution in [2.24, 2.45) is 0 Å². The van der Waals surface area contributed by atoms with Crippen LogP contribution in [0.15, 0.2) is 41.8 Å². The van der Waals surface area contributed by atoms with Crippen molar-refractivity contribution in [1.29, 1.82) is 0 Å². The van der Waals surface area contributed by atoms with Crippen molar-refractivity contribution >= 4 is 23.4 Å². The Morgan fingerprint density at radius 3 is 2.48 bits per heavy atom. The minimum Gasteiger partial charge on any atom is -0.491 e. The average Bonchev–Trinajstić information content (AvgIpc) is 2.73. The molecule has 162 valence electrons. The van der Waals surface area contributed by atoms with E-state index in [4.69, 9.17) is 9.47 Å². The van der Waals surface area contributed by atoms with Crippen LogP contribution in [0.5, 0.6) is 11.5 Å². The second-order valence-corrected chi connectivity index (χ2v) is 8.15. The lowest BCUT2D eigenvalue weighted by molar-refractivity contribution is -0.118. The van der Waals surface area contributed by atoms with Gasteiger partial charge in [-0.3, -0.25) is 9.78 Å². The third-order valence-electron chi connectivity index (χ3n) is 4.53. The summed E-state index contributed by atoms with van der Waals surface area (Å²) < 4.78 is 11.1. The molecule has 0 saturated heterocycles. The van der Waals surface area contributed by atoms with Gasteiger partial charge in [0.2, 0.25) is 0 Å². The van der Waals surface area contributed by atoms with Crippen molar-refractivity contribution in [1.82, 2.24) is 15.0 Å². The molecule has 0 spiro atoms. The van der Waals surface area contributed by atoms with Gasteiger partial charge in [0.05, 0.1) is 19.0 Å². The topological polar surface area (TPSA) is 86.2 Å². The number of nitrogens with one attached hydrogen (secondary N) is 1. The highest BCUT2D eigenvalue weighted by Crippen LogP contribution is 2.29. The van der Waals surface area contributed by atoms with E-state index < -0.39 is 0 Å². The molecule has 1 amide bonds. The normalized spacial score (nSPS) is 10.6. The minimum absolute atomic E-state index is 0.138. The second-order valence-electron chi connectivity index (χ2n) is 7.21. The predicted molar refractivity (Wildman–Crippen MR) is 122 cm³/mol. The van der Waals surface area contributed by atoms with Crippen LogP contribution in [0.25, 0.3) is 0 Å². The fourth-order valence-corrected chi connectivity index (χ4v) is 3.92. The van der Waals surface area contributed by atoms with E-state index in [1.165, 1.54) is 18.9 Å². The van der Waals surface area contributed by atoms with E-state index in [9.17, 15) is 4.79 Å². The Morgan fingerprint density at radius 2 is 1.81 bits per heavy atom. The van der Waals surface area contributed by atoms with Crippen molar-refractivity contribution in [3.63, 3.8) is 0 Å². The molecule has 3 aromatic rings. The molecule has 0 aliphatic carbocycles. The van der Waals surface area contributed by atoms with Crippen LogP contribution < -0.4 is 14.8 Å². The van der Waals surface area contributed by atoms with Gasteiger partial charge in [-0.25, -0.2) is 9.97 Å². The number of carbonyl (C=O) groups excluding carboxylic acids is 1. The van der Waals surface area contributed by atoms with Gasteiger partial charge in [-0.15, -0.1) is 0 Å². The maximum atomic E-state index is 12.5. The molecule has 0 atom stereocenters. The van der Waals surface area contributed by atoms with Crippen LogP contribution >= 0.6 is 11.8 Å². The summed E-state index contributed by atoms with van der Waals surface area (Å²) in [6, 6.07) is 7.71. The smallest absolute Gasteiger partial charge is 0.262 e. The maximum Gasteiger partial charge on any atom is 0.262 e. The van der Waals surface area contributed by atoms with Gasteiger partial charge in [-0.05, 0) is 44.9 Å². The molecule has 0 aliphatic rings. The molecule has 7 nitrogen and oxygen atoms in total. The number of benzene rings is 1. The van der Waals surface area contributed by atoms with E-state index in [1.807, 2.05) is 45.9 Å². The zero-order valence-electron chi connectivity index (χ0n) is 18.4. The van der Waals surface area contributed by atoms with Gasteiger partial charge >= 0.3 is 0 Å². The van der Waals surface area contributed by atoms with Crippen LogP contribution in [0.4, 0.5) is 5.69 Å². The fourth-order valence-electron chi connectivity index (χ4n) is 3.14. The summed E-state index contributed by atoms with van der Waals surface area (Å²) in [6.07, 6.45) is 3.32. The summed E-state index contributed by atoms with van der Waals surface area (Å²) in [5, 5.41) is 3.62. The number of methoxy groups -OCH3 is 1. The largest absolute Gasteiger partial charge is 0.491 e. The number of amides is 1. The quantitative estimate of drug-likeness (QED) is 0.411. The zero-order chi connectivity index (χ0) is 22.4. The average molecular weight is 439 g/mol. The number of hydrogen-bond acceptors (Lipinski definition) is 7. The molecule has 8 heteroatoms. The Kier molecular flexibility index (Phi) is 7.46. The van der Waals surface area contributed by atoms with Gasteiger partial charge in [0, 0.05) is 29.4 Å². The first kappa shape index (κ1) is 22.6. The summed E-state index contributed by atoms with van der Waals surface area (Å²) in [5.74, 6) is 1.26. The third-order valence-corrected chi connectivity index (χ3v) is 5.43. The third kappa shape index (κ3) is 6.18. The number of carbonyl (C=O) groups is 1. The molecule has 0 fully saturated rings. The van der Waals surface area contributed by atoms with Crippen LogP contribution in [-0.2, 0) is 10.5 Å². The van der Waals surface area contributed by atoms with E-state index in [0.29, 0.717) is 22.4 Å². The number of hydrogen-bond donors (Lipinski definition) is 1. The van der Waals surface area contributed by atoms with Gasteiger partial charge < -0.3 is 14.8 Å². The number of pyridine rings is 1. The molecular formula is C23H26N4O3S. The molecule has 2 heterocycles. The van der Waals surface area contributed by atoms with Gasteiger partial charge in [-0.2, -0.15) is 0 Å². The molecule has 1 aromatic carbocycles. The van der Waals surface area contributed by atoms with E-state index in [0.717, 1.165) is 33.8 Å². The van der Waals surface area contributed by atoms with E-state index in [1.54, 1.807) is 18.5 Å². The lowest BCUT2D eigenvalue weighted by Crippen LogP contribution is -2.21. The molecule has 0 aliphatic heterocycles. The molecule has 1 N–H and O–H groups in total. The van der Waals surface area contributed by atoms with Gasteiger partial charge in [0.1, 0.15) is 0 Å². The maximum absolute atomic E-state index is 12.5. The second kappa shape index (κ2) is 10.3. The van der Waals surface area contributed by atoms with Crippen LogP contribution in [0.1, 0.15) is 28.1 Å². The number of aryl methyl sites for hydroxylation is 4. The molecular weight excluding hydrogens is 412 g/mol. The summed E-state index contributed by atoms with van der Waals surface area (Å²) in [5.41, 5.74) is 5.70. The van der Waals surface area contributed by atoms with Crippen LogP contribution in [-0.4, -0.2) is 34.6 Å². The summed E-state index contributed by atoms with van der Waals surface area (Å²) >= 11 is 1.48. The highest BCUT2D eigenvalue weighted by molar-refractivity contribution is 7.98. The number of rotatable bonds is 8. The Balaban J connectivity index is 1.65. The lowest BCUT2D eigenvalue weighted by atomic mass is 10.1. The molecule has 0 unspecified atom stereocenters. The number of thioether (sulfide) groups is 1. The highest BCUT2D eigenvalue weighted by Gasteiger charge is 2.13. The Bertz CT molecular complexity index is 1070. The van der Waals surface area contributed by atoms with Crippen LogP contribution in [0.3, 0.4) is 0 Å². The van der Waals surface area contributed by atoms with Crippen LogP contribution in [0.2, 0.25) is 0 Å². The van der Waals surface area contributed by atoms with E-state index >= 15 is 0 Å². The van der Waals surface area contributed by atoms with Gasteiger partial charge in [0.15, 0.2) is 23.3 Å². The molecule has 0 bridgehead atoms. The molecule has 2 aromatic heterocycles. The van der Waals surface area contributed by atoms with Crippen molar-refractivity contribution in [2.45, 2.75) is 38.6 Å². The monoisotopic (exact) mass is 438 g/mol. The molecule has 31 heavy (non-hydrogen) atoms. The van der Waals surface area contributed by atoms with Gasteiger partial charge in [-0.1, -0.05) is 29.5 Å². The van der Waals surface area contributed by atoms with Crippen molar-refractivity contribution in [2.75, 3.05) is 19.0 Å². The minimum atomic E-state index is -0.238. The first-order valence-corrected chi connectivity index (χ1v) is 10.8. The van der Waals surface area contributed by atoms with Crippen molar-refractivity contribution in [3.8, 4) is 11.5 Å². The number of ether oxygens (including phenoxy) is 2. The van der Waals surface area contributed by atoms with E-state index in [-0.39, 0.29) is 12.5 Å².